The number of rotatable bonds is 5. The van der Waals surface area contributed by atoms with Crippen LogP contribution in [0.4, 0.5) is 0 Å². The number of sulfonamides is 1. The van der Waals surface area contributed by atoms with E-state index in [9.17, 15) is 8.42 Å². The van der Waals surface area contributed by atoms with Gasteiger partial charge < -0.3 is 9.47 Å². The van der Waals surface area contributed by atoms with Gasteiger partial charge in [-0.1, -0.05) is 18.2 Å². The number of ether oxygens (including phenoxy) is 2. The maximum atomic E-state index is 13.2. The van der Waals surface area contributed by atoms with Crippen LogP contribution in [0, 0.1) is 0 Å². The van der Waals surface area contributed by atoms with Crippen LogP contribution in [0.1, 0.15) is 0 Å². The lowest BCUT2D eigenvalue weighted by Crippen LogP contribution is -2.47. The average Bonchev–Trinajstić information content (AvgIpc) is 2.73. The molecule has 0 N–H and O–H groups in total. The first-order chi connectivity index (χ1) is 13.1. The normalized spacial score (nSPS) is 18.4. The summed E-state index contributed by atoms with van der Waals surface area (Å²) in [6, 6.07) is 10.7. The Bertz CT molecular complexity index is 1020. The van der Waals surface area contributed by atoms with Crippen molar-refractivity contribution in [3.05, 3.63) is 55.0 Å². The Labute approximate surface area is 156 Å². The van der Waals surface area contributed by atoms with Crippen molar-refractivity contribution >= 4 is 20.9 Å². The van der Waals surface area contributed by atoms with Crippen LogP contribution in [0.2, 0.25) is 0 Å². The first kappa shape index (κ1) is 17.8. The van der Waals surface area contributed by atoms with E-state index in [1.165, 1.54) is 4.31 Å². The fraction of sp³-hybridized carbons (Fsp3) is 0.278. The summed E-state index contributed by atoms with van der Waals surface area (Å²) in [4.78, 5) is 12.4. The zero-order chi connectivity index (χ0) is 18.7. The molecule has 1 atom stereocenters. The Morgan fingerprint density at radius 2 is 1.85 bits per heavy atom. The van der Waals surface area contributed by atoms with Crippen molar-refractivity contribution < 1.29 is 17.9 Å². The average molecular weight is 386 g/mol. The van der Waals surface area contributed by atoms with Crippen LogP contribution in [0.3, 0.4) is 0 Å². The van der Waals surface area contributed by atoms with Gasteiger partial charge in [0.25, 0.3) is 0 Å². The molecule has 0 amide bonds. The zero-order valence-corrected chi connectivity index (χ0v) is 15.2. The van der Waals surface area contributed by atoms with E-state index in [1.807, 2.05) is 12.1 Å². The predicted octanol–water partition coefficient (Wildman–Crippen LogP) is 1.49. The van der Waals surface area contributed by atoms with E-state index in [-0.39, 0.29) is 30.6 Å². The quantitative estimate of drug-likeness (QED) is 0.656. The van der Waals surface area contributed by atoms with E-state index in [0.717, 1.165) is 5.39 Å². The summed E-state index contributed by atoms with van der Waals surface area (Å²) < 4.78 is 38.9. The minimum atomic E-state index is -3.70. The molecule has 0 saturated carbocycles. The molecule has 0 radical (unpaired) electrons. The third-order valence-electron chi connectivity index (χ3n) is 4.26. The molecule has 1 unspecified atom stereocenters. The molecular weight excluding hydrogens is 368 g/mol. The highest BCUT2D eigenvalue weighted by Crippen LogP contribution is 2.25. The van der Waals surface area contributed by atoms with Crippen molar-refractivity contribution in [3.8, 4) is 6.01 Å². The molecule has 9 heteroatoms. The molecule has 1 fully saturated rings. The lowest BCUT2D eigenvalue weighted by Gasteiger charge is -2.31. The third-order valence-corrected chi connectivity index (χ3v) is 6.15. The fourth-order valence-corrected chi connectivity index (χ4v) is 4.58. The number of pyridine rings is 1. The smallest absolute Gasteiger partial charge is 0.316 e. The van der Waals surface area contributed by atoms with Crippen molar-refractivity contribution in [2.24, 2.45) is 0 Å². The molecular formula is C18H18N4O4S. The second kappa shape index (κ2) is 7.55. The molecule has 27 heavy (non-hydrogen) atoms. The van der Waals surface area contributed by atoms with Crippen molar-refractivity contribution in [3.63, 3.8) is 0 Å². The molecule has 140 valence electrons. The van der Waals surface area contributed by atoms with E-state index in [2.05, 4.69) is 15.0 Å². The topological polar surface area (TPSA) is 94.5 Å². The van der Waals surface area contributed by atoms with Gasteiger partial charge in [-0.2, -0.15) is 4.31 Å². The van der Waals surface area contributed by atoms with Gasteiger partial charge >= 0.3 is 6.01 Å². The molecule has 1 aromatic carbocycles. The van der Waals surface area contributed by atoms with Gasteiger partial charge in [0, 0.05) is 37.1 Å². The lowest BCUT2D eigenvalue weighted by molar-refractivity contribution is -0.0265. The van der Waals surface area contributed by atoms with Gasteiger partial charge in [-0.3, -0.25) is 4.98 Å². The van der Waals surface area contributed by atoms with E-state index in [1.54, 1.807) is 42.9 Å². The molecule has 3 aromatic rings. The Balaban J connectivity index is 1.53. The van der Waals surface area contributed by atoms with Gasteiger partial charge in [0.1, 0.15) is 17.6 Å². The van der Waals surface area contributed by atoms with Gasteiger partial charge in [-0.05, 0) is 18.2 Å². The van der Waals surface area contributed by atoms with E-state index >= 15 is 0 Å². The highest BCUT2D eigenvalue weighted by atomic mass is 32.2. The maximum absolute atomic E-state index is 13.2. The summed E-state index contributed by atoms with van der Waals surface area (Å²) in [7, 11) is -3.70. The summed E-state index contributed by atoms with van der Waals surface area (Å²) in [5.74, 6) is 0. The van der Waals surface area contributed by atoms with Gasteiger partial charge in [-0.25, -0.2) is 18.4 Å². The summed E-state index contributed by atoms with van der Waals surface area (Å²) >= 11 is 0. The standard InChI is InChI=1S/C18H18N4O4S/c23-27(24,16-6-1-4-14-5-2-7-19-17(14)16)22-10-11-25-15(12-22)13-26-18-20-8-3-9-21-18/h1-9,15H,10-13H2. The molecule has 8 nitrogen and oxygen atoms in total. The fourth-order valence-electron chi connectivity index (χ4n) is 2.96. The first-order valence-corrected chi connectivity index (χ1v) is 9.94. The molecule has 4 rings (SSSR count). The number of fused-ring (bicyclic) bond motifs is 1. The highest BCUT2D eigenvalue weighted by molar-refractivity contribution is 7.89. The zero-order valence-electron chi connectivity index (χ0n) is 14.4. The van der Waals surface area contributed by atoms with Crippen LogP contribution in [0.25, 0.3) is 10.9 Å². The lowest BCUT2D eigenvalue weighted by atomic mass is 10.2. The summed E-state index contributed by atoms with van der Waals surface area (Å²) in [5, 5.41) is 0.785. The number of morpholine rings is 1. The Morgan fingerprint density at radius 3 is 2.70 bits per heavy atom. The van der Waals surface area contributed by atoms with Crippen molar-refractivity contribution in [1.29, 1.82) is 0 Å². The minimum Gasteiger partial charge on any atom is -0.461 e. The van der Waals surface area contributed by atoms with E-state index in [0.29, 0.717) is 12.1 Å². The van der Waals surface area contributed by atoms with Crippen LogP contribution < -0.4 is 4.74 Å². The largest absolute Gasteiger partial charge is 0.461 e. The van der Waals surface area contributed by atoms with Crippen LogP contribution in [0.5, 0.6) is 6.01 Å². The molecule has 1 aliphatic heterocycles. The van der Waals surface area contributed by atoms with Crippen LogP contribution in [-0.4, -0.2) is 60.1 Å². The second-order valence-electron chi connectivity index (χ2n) is 6.03. The van der Waals surface area contributed by atoms with Gasteiger partial charge in [-0.15, -0.1) is 0 Å². The van der Waals surface area contributed by atoms with E-state index < -0.39 is 16.1 Å². The summed E-state index contributed by atoms with van der Waals surface area (Å²) in [6.45, 7) is 0.938. The van der Waals surface area contributed by atoms with Crippen molar-refractivity contribution in [2.45, 2.75) is 11.0 Å². The van der Waals surface area contributed by atoms with Gasteiger partial charge in [0.15, 0.2) is 0 Å². The van der Waals surface area contributed by atoms with Gasteiger partial charge in [0.05, 0.1) is 12.1 Å². The number of benzene rings is 1. The molecule has 2 aromatic heterocycles. The monoisotopic (exact) mass is 386 g/mol. The molecule has 0 aliphatic carbocycles. The molecule has 0 bridgehead atoms. The number of nitrogens with zero attached hydrogens (tertiary/aromatic N) is 4. The highest BCUT2D eigenvalue weighted by Gasteiger charge is 2.32. The third kappa shape index (κ3) is 3.75. The Kier molecular flexibility index (Phi) is 4.97. The maximum Gasteiger partial charge on any atom is 0.316 e. The molecule has 1 aliphatic rings. The summed E-state index contributed by atoms with van der Waals surface area (Å²) in [5.41, 5.74) is 0.469. The number of para-hydroxylation sites is 1. The van der Waals surface area contributed by atoms with Gasteiger partial charge in [0.2, 0.25) is 10.0 Å². The molecule has 1 saturated heterocycles. The van der Waals surface area contributed by atoms with Crippen molar-refractivity contribution in [2.75, 3.05) is 26.3 Å². The number of hydrogen-bond acceptors (Lipinski definition) is 7. The summed E-state index contributed by atoms with van der Waals surface area (Å²) in [6.07, 6.45) is 4.35. The first-order valence-electron chi connectivity index (χ1n) is 8.50. The SMILES string of the molecule is O=S(=O)(c1cccc2cccnc12)N1CCOC(COc2ncccn2)C1. The second-order valence-corrected chi connectivity index (χ2v) is 7.94. The molecule has 3 heterocycles. The predicted molar refractivity (Wildman–Crippen MR) is 97.8 cm³/mol. The van der Waals surface area contributed by atoms with Crippen molar-refractivity contribution in [1.82, 2.24) is 19.3 Å². The number of aromatic nitrogens is 3. The van der Waals surface area contributed by atoms with E-state index in [4.69, 9.17) is 9.47 Å². The molecule has 0 spiro atoms. The Morgan fingerprint density at radius 1 is 1.07 bits per heavy atom. The van der Waals surface area contributed by atoms with Crippen LogP contribution >= 0.6 is 0 Å². The number of hydrogen-bond donors (Lipinski definition) is 0. The Hall–Kier alpha value is -2.62. The minimum absolute atomic E-state index is 0.170. The van der Waals surface area contributed by atoms with Crippen LogP contribution in [0.15, 0.2) is 59.9 Å². The van der Waals surface area contributed by atoms with Crippen LogP contribution in [-0.2, 0) is 14.8 Å².